The molecule has 0 fully saturated rings. The van der Waals surface area contributed by atoms with Crippen LogP contribution in [0.3, 0.4) is 0 Å². The van der Waals surface area contributed by atoms with Crippen LogP contribution >= 0.6 is 0 Å². The first-order valence-electron chi connectivity index (χ1n) is 8.14. The Labute approximate surface area is 157 Å². The minimum Gasteiger partial charge on any atom is -1.00 e. The number of alkyl halides is 3. The second kappa shape index (κ2) is 8.18. The van der Waals surface area contributed by atoms with Crippen molar-refractivity contribution < 1.29 is 40.0 Å². The number of benzene rings is 2. The van der Waals surface area contributed by atoms with Crippen molar-refractivity contribution in [1.29, 1.82) is 0 Å². The lowest BCUT2D eigenvalue weighted by Gasteiger charge is -2.27. The Morgan fingerprint density at radius 3 is 2.08 bits per heavy atom. The van der Waals surface area contributed by atoms with Crippen molar-refractivity contribution in [1.82, 2.24) is 0 Å². The van der Waals surface area contributed by atoms with Crippen LogP contribution in [-0.4, -0.2) is 20.8 Å². The van der Waals surface area contributed by atoms with Crippen molar-refractivity contribution in [3.05, 3.63) is 58.7 Å². The lowest BCUT2D eigenvalue weighted by atomic mass is 9.98. The van der Waals surface area contributed by atoms with Gasteiger partial charge in [-0.1, -0.05) is 12.1 Å². The Morgan fingerprint density at radius 1 is 0.962 bits per heavy atom. The van der Waals surface area contributed by atoms with Gasteiger partial charge in [0.1, 0.15) is 13.1 Å². The fourth-order valence-electron chi connectivity index (χ4n) is 3.28. The van der Waals surface area contributed by atoms with Gasteiger partial charge >= 0.3 is 6.18 Å². The first-order chi connectivity index (χ1) is 11.9. The highest BCUT2D eigenvalue weighted by molar-refractivity contribution is 5.47. The average Bonchev–Trinajstić information content (AvgIpc) is 2.60. The predicted molar refractivity (Wildman–Crippen MR) is 87.9 cm³/mol. The quantitative estimate of drug-likeness (QED) is 0.790. The largest absolute Gasteiger partial charge is 1.00 e. The molecular formula is C19H21ClF3NO2. The van der Waals surface area contributed by atoms with Gasteiger partial charge in [0.15, 0.2) is 11.5 Å². The molecule has 0 spiro atoms. The lowest BCUT2D eigenvalue weighted by molar-refractivity contribution is -0.929. The molecule has 1 heterocycles. The van der Waals surface area contributed by atoms with Crippen LogP contribution in [0.2, 0.25) is 0 Å². The summed E-state index contributed by atoms with van der Waals surface area (Å²) in [4.78, 5) is 1.32. The maximum atomic E-state index is 12.6. The van der Waals surface area contributed by atoms with Crippen LogP contribution in [0.1, 0.15) is 22.3 Å². The van der Waals surface area contributed by atoms with Gasteiger partial charge in [-0.3, -0.25) is 0 Å². The lowest BCUT2D eigenvalue weighted by Crippen LogP contribution is -3.10. The zero-order valence-electron chi connectivity index (χ0n) is 14.6. The molecule has 0 amide bonds. The van der Waals surface area contributed by atoms with E-state index < -0.39 is 11.7 Å². The summed E-state index contributed by atoms with van der Waals surface area (Å²) in [6, 6.07) is 9.46. The summed E-state index contributed by atoms with van der Waals surface area (Å²) >= 11 is 0. The Bertz CT molecular complexity index is 748. The Hall–Kier alpha value is -1.92. The van der Waals surface area contributed by atoms with Crippen molar-refractivity contribution in [3.63, 3.8) is 0 Å². The predicted octanol–water partition coefficient (Wildman–Crippen LogP) is -0.132. The summed E-state index contributed by atoms with van der Waals surface area (Å²) in [7, 11) is 3.23. The molecule has 26 heavy (non-hydrogen) atoms. The normalized spacial score (nSPS) is 16.4. The van der Waals surface area contributed by atoms with Crippen molar-refractivity contribution >= 4 is 0 Å². The third-order valence-electron chi connectivity index (χ3n) is 4.63. The number of hydrogen-bond donors (Lipinski definition) is 1. The number of fused-ring (bicyclic) bond motifs is 1. The summed E-state index contributed by atoms with van der Waals surface area (Å²) < 4.78 is 48.6. The van der Waals surface area contributed by atoms with Crippen molar-refractivity contribution in [2.24, 2.45) is 0 Å². The fraction of sp³-hybridized carbons (Fsp3) is 0.368. The van der Waals surface area contributed by atoms with E-state index in [1.54, 1.807) is 26.4 Å². The van der Waals surface area contributed by atoms with Crippen molar-refractivity contribution in [2.45, 2.75) is 25.7 Å². The van der Waals surface area contributed by atoms with E-state index >= 15 is 0 Å². The van der Waals surface area contributed by atoms with E-state index in [2.05, 4.69) is 0 Å². The summed E-state index contributed by atoms with van der Waals surface area (Å²) in [5, 5.41) is 0. The molecular weight excluding hydrogens is 367 g/mol. The molecule has 2 aromatic carbocycles. The molecule has 3 rings (SSSR count). The van der Waals surface area contributed by atoms with E-state index in [0.29, 0.717) is 12.3 Å². The number of nitrogens with one attached hydrogen (secondary N) is 1. The van der Waals surface area contributed by atoms with Crippen molar-refractivity contribution in [3.8, 4) is 11.5 Å². The molecule has 1 atom stereocenters. The summed E-state index contributed by atoms with van der Waals surface area (Å²) in [6.07, 6.45) is -3.38. The molecule has 142 valence electrons. The maximum absolute atomic E-state index is 12.6. The summed E-state index contributed by atoms with van der Waals surface area (Å²) in [5.41, 5.74) is 2.75. The van der Waals surface area contributed by atoms with Crippen LogP contribution in [0, 0.1) is 0 Å². The standard InChI is InChI=1S/C19H20F3NO2.ClH/c1-24-17-9-14-7-8-23(12-15(14)10-18(17)25-2)11-13-3-5-16(6-4-13)19(20,21)22;/h3-6,9-10H,7-8,11-12H2,1-2H3;1H. The van der Waals surface area contributed by atoms with E-state index in [4.69, 9.17) is 9.47 Å². The maximum Gasteiger partial charge on any atom is 0.416 e. The SMILES string of the molecule is COc1cc2c(cc1OC)C[NH+](Cc1ccc(C(F)(F)F)cc1)CC2.[Cl-]. The summed E-state index contributed by atoms with van der Waals surface area (Å²) in [6.45, 7) is 2.45. The van der Waals surface area contributed by atoms with Gasteiger partial charge in [-0.2, -0.15) is 13.2 Å². The van der Waals surface area contributed by atoms with Crippen LogP contribution in [0.15, 0.2) is 36.4 Å². The van der Waals surface area contributed by atoms with Gasteiger partial charge < -0.3 is 26.8 Å². The smallest absolute Gasteiger partial charge is 0.416 e. The van der Waals surface area contributed by atoms with E-state index in [1.165, 1.54) is 16.0 Å². The zero-order chi connectivity index (χ0) is 18.0. The van der Waals surface area contributed by atoms with Gasteiger partial charge in [-0.15, -0.1) is 0 Å². The van der Waals surface area contributed by atoms with Crippen LogP contribution in [0.4, 0.5) is 13.2 Å². The van der Waals surface area contributed by atoms with Crippen LogP contribution in [0.25, 0.3) is 0 Å². The van der Waals surface area contributed by atoms with Gasteiger partial charge in [-0.25, -0.2) is 0 Å². The molecule has 1 aliphatic rings. The monoisotopic (exact) mass is 387 g/mol. The average molecular weight is 388 g/mol. The van der Waals surface area contributed by atoms with Crippen LogP contribution in [-0.2, 0) is 25.7 Å². The number of ether oxygens (including phenoxy) is 2. The number of hydrogen-bond acceptors (Lipinski definition) is 2. The third-order valence-corrected chi connectivity index (χ3v) is 4.63. The molecule has 1 aliphatic heterocycles. The molecule has 0 bridgehead atoms. The highest BCUT2D eigenvalue weighted by Crippen LogP contribution is 2.31. The van der Waals surface area contributed by atoms with Gasteiger partial charge in [0, 0.05) is 17.5 Å². The highest BCUT2D eigenvalue weighted by Gasteiger charge is 2.30. The Morgan fingerprint density at radius 2 is 1.54 bits per heavy atom. The molecule has 0 aliphatic carbocycles. The Kier molecular flexibility index (Phi) is 6.42. The molecule has 0 aromatic heterocycles. The van der Waals surface area contributed by atoms with Crippen molar-refractivity contribution in [2.75, 3.05) is 20.8 Å². The number of halogens is 4. The van der Waals surface area contributed by atoms with E-state index in [1.807, 2.05) is 12.1 Å². The summed E-state index contributed by atoms with van der Waals surface area (Å²) in [5.74, 6) is 1.43. The molecule has 1 N–H and O–H groups in total. The number of methoxy groups -OCH3 is 2. The first-order valence-corrected chi connectivity index (χ1v) is 8.14. The van der Waals surface area contributed by atoms with E-state index in [-0.39, 0.29) is 12.4 Å². The molecule has 0 saturated carbocycles. The second-order valence-corrected chi connectivity index (χ2v) is 6.27. The zero-order valence-corrected chi connectivity index (χ0v) is 15.4. The van der Waals surface area contributed by atoms with E-state index in [0.717, 1.165) is 43.0 Å². The van der Waals surface area contributed by atoms with E-state index in [9.17, 15) is 13.2 Å². The van der Waals surface area contributed by atoms with Gasteiger partial charge in [0.2, 0.25) is 0 Å². The minimum atomic E-state index is -4.29. The molecule has 1 unspecified atom stereocenters. The Balaban J connectivity index is 0.00000243. The first kappa shape index (κ1) is 20.4. The van der Waals surface area contributed by atoms with Gasteiger partial charge in [-0.05, 0) is 29.8 Å². The molecule has 0 saturated heterocycles. The number of quaternary nitrogens is 1. The topological polar surface area (TPSA) is 22.9 Å². The molecule has 7 heteroatoms. The number of rotatable bonds is 4. The third kappa shape index (κ3) is 4.43. The molecule has 0 radical (unpaired) electrons. The van der Waals surface area contributed by atoms with Gasteiger partial charge in [0.25, 0.3) is 0 Å². The van der Waals surface area contributed by atoms with Crippen LogP contribution < -0.4 is 26.8 Å². The van der Waals surface area contributed by atoms with Crippen LogP contribution in [0.5, 0.6) is 11.5 Å². The molecule has 2 aromatic rings. The minimum absolute atomic E-state index is 0. The fourth-order valence-corrected chi connectivity index (χ4v) is 3.28. The second-order valence-electron chi connectivity index (χ2n) is 6.27. The molecule has 3 nitrogen and oxygen atoms in total. The highest BCUT2D eigenvalue weighted by atomic mass is 35.5. The van der Waals surface area contributed by atoms with Gasteiger partial charge in [0.05, 0.1) is 26.3 Å².